The molecule has 8 nitrogen and oxygen atoms in total. The van der Waals surface area contributed by atoms with E-state index in [-0.39, 0.29) is 13.1 Å². The number of hydrogen-bond acceptors (Lipinski definition) is 6. The Hall–Kier alpha value is -3.29. The van der Waals surface area contributed by atoms with Crippen molar-refractivity contribution >= 4 is 23.6 Å². The predicted octanol–water partition coefficient (Wildman–Crippen LogP) is 1.81. The predicted molar refractivity (Wildman–Crippen MR) is 90.1 cm³/mol. The maximum Gasteiger partial charge on any atom is 0.340 e. The molecule has 0 aliphatic carbocycles. The summed E-state index contributed by atoms with van der Waals surface area (Å²) in [5.74, 6) is -0.477. The molecule has 0 aliphatic rings. The third-order valence-electron chi connectivity index (χ3n) is 3.36. The summed E-state index contributed by atoms with van der Waals surface area (Å²) in [4.78, 5) is 35.3. The minimum Gasteiger partial charge on any atom is -0.467 e. The highest BCUT2D eigenvalue weighted by Crippen LogP contribution is 2.20. The lowest BCUT2D eigenvalue weighted by Gasteiger charge is -2.12. The first-order chi connectivity index (χ1) is 12.0. The standard InChI is InChI=1S/C17H19N3O5/c1-11-5-3-7-13(15(11)16(22)24-2)18-10-14(21)20-17(23)19-9-12-6-4-8-25-12/h3-8,18H,9-10H2,1-2H3,(H2,19,20,21,23). The Morgan fingerprint density at radius 2 is 1.96 bits per heavy atom. The number of hydrogen-bond donors (Lipinski definition) is 3. The molecule has 0 bridgehead atoms. The fraction of sp³-hybridized carbons (Fsp3) is 0.235. The van der Waals surface area contributed by atoms with E-state index in [0.29, 0.717) is 22.6 Å². The van der Waals surface area contributed by atoms with Crippen LogP contribution in [0.4, 0.5) is 10.5 Å². The van der Waals surface area contributed by atoms with Crippen molar-refractivity contribution in [3.8, 4) is 0 Å². The smallest absolute Gasteiger partial charge is 0.340 e. The number of benzene rings is 1. The van der Waals surface area contributed by atoms with Crippen LogP contribution in [0.3, 0.4) is 0 Å². The first-order valence-corrected chi connectivity index (χ1v) is 7.53. The highest BCUT2D eigenvalue weighted by Gasteiger charge is 2.15. The van der Waals surface area contributed by atoms with Crippen molar-refractivity contribution in [2.75, 3.05) is 19.0 Å². The zero-order valence-corrected chi connectivity index (χ0v) is 13.9. The monoisotopic (exact) mass is 345 g/mol. The van der Waals surface area contributed by atoms with Gasteiger partial charge in [0.1, 0.15) is 5.76 Å². The molecule has 2 rings (SSSR count). The fourth-order valence-electron chi connectivity index (χ4n) is 2.16. The lowest BCUT2D eigenvalue weighted by Crippen LogP contribution is -2.41. The summed E-state index contributed by atoms with van der Waals surface area (Å²) in [6, 6.07) is 7.93. The van der Waals surface area contributed by atoms with E-state index < -0.39 is 17.9 Å². The molecule has 1 heterocycles. The van der Waals surface area contributed by atoms with E-state index in [1.54, 1.807) is 37.3 Å². The molecule has 0 saturated carbocycles. The average molecular weight is 345 g/mol. The third kappa shape index (κ3) is 5.10. The number of aryl methyl sites for hydroxylation is 1. The topological polar surface area (TPSA) is 110 Å². The molecule has 0 spiro atoms. The number of anilines is 1. The molecule has 1 aromatic carbocycles. The van der Waals surface area contributed by atoms with Gasteiger partial charge in [0, 0.05) is 5.69 Å². The number of amides is 3. The first kappa shape index (κ1) is 18.1. The number of carbonyl (C=O) groups is 3. The number of carbonyl (C=O) groups excluding carboxylic acids is 3. The summed E-state index contributed by atoms with van der Waals surface area (Å²) in [5, 5.41) is 7.51. The van der Waals surface area contributed by atoms with Gasteiger partial charge in [-0.3, -0.25) is 10.1 Å². The van der Waals surface area contributed by atoms with Gasteiger partial charge in [0.05, 0.1) is 32.0 Å². The second-order valence-electron chi connectivity index (χ2n) is 5.15. The van der Waals surface area contributed by atoms with Gasteiger partial charge in [-0.15, -0.1) is 0 Å². The molecular weight excluding hydrogens is 326 g/mol. The average Bonchev–Trinajstić information content (AvgIpc) is 3.11. The molecule has 1 aromatic heterocycles. The van der Waals surface area contributed by atoms with Crippen molar-refractivity contribution in [3.63, 3.8) is 0 Å². The molecule has 25 heavy (non-hydrogen) atoms. The molecule has 2 aromatic rings. The highest BCUT2D eigenvalue weighted by molar-refractivity contribution is 5.99. The third-order valence-corrected chi connectivity index (χ3v) is 3.36. The molecule has 0 unspecified atom stereocenters. The summed E-state index contributed by atoms with van der Waals surface area (Å²) in [6.07, 6.45) is 1.49. The van der Waals surface area contributed by atoms with Crippen LogP contribution < -0.4 is 16.0 Å². The summed E-state index contributed by atoms with van der Waals surface area (Å²) >= 11 is 0. The summed E-state index contributed by atoms with van der Waals surface area (Å²) in [7, 11) is 1.29. The molecule has 0 fully saturated rings. The van der Waals surface area contributed by atoms with Crippen molar-refractivity contribution in [1.82, 2.24) is 10.6 Å². The van der Waals surface area contributed by atoms with Crippen molar-refractivity contribution < 1.29 is 23.5 Å². The Balaban J connectivity index is 1.86. The lowest BCUT2D eigenvalue weighted by molar-refractivity contribution is -0.118. The molecule has 3 N–H and O–H groups in total. The number of imide groups is 1. The number of nitrogens with one attached hydrogen (secondary N) is 3. The zero-order chi connectivity index (χ0) is 18.2. The summed E-state index contributed by atoms with van der Waals surface area (Å²) < 4.78 is 9.81. The number of esters is 1. The maximum atomic E-state index is 11.8. The van der Waals surface area contributed by atoms with Gasteiger partial charge < -0.3 is 19.8 Å². The van der Waals surface area contributed by atoms with Crippen molar-refractivity contribution in [1.29, 1.82) is 0 Å². The SMILES string of the molecule is COC(=O)c1c(C)cccc1NCC(=O)NC(=O)NCc1ccco1. The molecule has 0 aliphatic heterocycles. The van der Waals surface area contributed by atoms with Crippen LogP contribution >= 0.6 is 0 Å². The highest BCUT2D eigenvalue weighted by atomic mass is 16.5. The second-order valence-corrected chi connectivity index (χ2v) is 5.15. The van der Waals surface area contributed by atoms with Gasteiger partial charge in [-0.05, 0) is 30.7 Å². The number of rotatable bonds is 6. The van der Waals surface area contributed by atoms with Crippen LogP contribution in [-0.2, 0) is 16.1 Å². The minimum absolute atomic E-state index is 0.171. The molecule has 3 amide bonds. The van der Waals surface area contributed by atoms with E-state index in [9.17, 15) is 14.4 Å². The fourth-order valence-corrected chi connectivity index (χ4v) is 2.16. The Morgan fingerprint density at radius 3 is 2.64 bits per heavy atom. The van der Waals surface area contributed by atoms with E-state index in [0.717, 1.165) is 0 Å². The van der Waals surface area contributed by atoms with E-state index in [2.05, 4.69) is 16.0 Å². The van der Waals surface area contributed by atoms with Crippen molar-refractivity contribution in [2.24, 2.45) is 0 Å². The van der Waals surface area contributed by atoms with Gasteiger partial charge in [-0.1, -0.05) is 12.1 Å². The van der Waals surface area contributed by atoms with Crippen molar-refractivity contribution in [2.45, 2.75) is 13.5 Å². The largest absolute Gasteiger partial charge is 0.467 e. The molecule has 132 valence electrons. The Kier molecular flexibility index (Phi) is 6.16. The van der Waals surface area contributed by atoms with Gasteiger partial charge >= 0.3 is 12.0 Å². The number of methoxy groups -OCH3 is 1. The Morgan fingerprint density at radius 1 is 1.16 bits per heavy atom. The van der Waals surface area contributed by atoms with E-state index in [4.69, 9.17) is 9.15 Å². The molecule has 0 saturated heterocycles. The van der Waals surface area contributed by atoms with Gasteiger partial charge in [0.25, 0.3) is 0 Å². The van der Waals surface area contributed by atoms with Gasteiger partial charge in [0.2, 0.25) is 5.91 Å². The number of ether oxygens (including phenoxy) is 1. The van der Waals surface area contributed by atoms with E-state index in [1.165, 1.54) is 13.4 Å². The molecule has 0 radical (unpaired) electrons. The second kappa shape index (κ2) is 8.53. The van der Waals surface area contributed by atoms with Crippen LogP contribution in [0.25, 0.3) is 0 Å². The zero-order valence-electron chi connectivity index (χ0n) is 13.9. The molecule has 8 heteroatoms. The van der Waals surface area contributed by atoms with E-state index in [1.807, 2.05) is 0 Å². The Bertz CT molecular complexity index is 756. The van der Waals surface area contributed by atoms with E-state index >= 15 is 0 Å². The van der Waals surface area contributed by atoms with Crippen LogP contribution in [0.2, 0.25) is 0 Å². The summed E-state index contributed by atoms with van der Waals surface area (Å²) in [5.41, 5.74) is 1.52. The minimum atomic E-state index is -0.638. The summed E-state index contributed by atoms with van der Waals surface area (Å²) in [6.45, 7) is 1.76. The lowest BCUT2D eigenvalue weighted by atomic mass is 10.1. The van der Waals surface area contributed by atoms with Crippen LogP contribution in [-0.4, -0.2) is 31.6 Å². The van der Waals surface area contributed by atoms with Crippen LogP contribution in [0.15, 0.2) is 41.0 Å². The molecular formula is C17H19N3O5. The van der Waals surface area contributed by atoms with Crippen LogP contribution in [0.1, 0.15) is 21.7 Å². The number of furan rings is 1. The first-order valence-electron chi connectivity index (χ1n) is 7.53. The van der Waals surface area contributed by atoms with Crippen LogP contribution in [0, 0.1) is 6.92 Å². The maximum absolute atomic E-state index is 11.8. The Labute approximate surface area is 144 Å². The normalized spacial score (nSPS) is 10.0. The van der Waals surface area contributed by atoms with Gasteiger partial charge in [0.15, 0.2) is 0 Å². The van der Waals surface area contributed by atoms with Crippen LogP contribution in [0.5, 0.6) is 0 Å². The number of urea groups is 1. The molecule has 0 atom stereocenters. The van der Waals surface area contributed by atoms with Crippen molar-refractivity contribution in [3.05, 3.63) is 53.5 Å². The quantitative estimate of drug-likeness (QED) is 0.689. The van der Waals surface area contributed by atoms with Gasteiger partial charge in [-0.25, -0.2) is 9.59 Å². The van der Waals surface area contributed by atoms with Gasteiger partial charge in [-0.2, -0.15) is 0 Å².